The lowest BCUT2D eigenvalue weighted by Crippen LogP contribution is -2.34. The van der Waals surface area contributed by atoms with Crippen LogP contribution in [0.15, 0.2) is 41.3 Å². The average Bonchev–Trinajstić information content (AvgIpc) is 3.55. The van der Waals surface area contributed by atoms with E-state index in [0.29, 0.717) is 26.8 Å². The van der Waals surface area contributed by atoms with Crippen LogP contribution in [0.1, 0.15) is 36.9 Å². The van der Waals surface area contributed by atoms with Crippen LogP contribution in [0, 0.1) is 19.8 Å². The minimum atomic E-state index is -5.08. The molecule has 1 amide bonds. The Kier molecular flexibility index (Phi) is 8.61. The van der Waals surface area contributed by atoms with Crippen LogP contribution in [-0.2, 0) is 14.8 Å². The van der Waals surface area contributed by atoms with Crippen molar-refractivity contribution in [2.24, 2.45) is 5.92 Å². The molecule has 0 radical (unpaired) electrons. The van der Waals surface area contributed by atoms with E-state index in [9.17, 15) is 31.5 Å². The van der Waals surface area contributed by atoms with Gasteiger partial charge in [0.05, 0.1) is 23.4 Å². The summed E-state index contributed by atoms with van der Waals surface area (Å²) in [5.74, 6) is -0.668. The predicted octanol–water partition coefficient (Wildman–Crippen LogP) is 5.62. The molecule has 14 heteroatoms. The first-order chi connectivity index (χ1) is 18.8. The molecular formula is C26H28F3N3O6S2. The van der Waals surface area contributed by atoms with Crippen LogP contribution in [0.5, 0.6) is 11.5 Å². The van der Waals surface area contributed by atoms with Gasteiger partial charge in [-0.2, -0.15) is 13.2 Å². The zero-order valence-electron chi connectivity index (χ0n) is 21.8. The highest BCUT2D eigenvalue weighted by atomic mass is 32.2. The van der Waals surface area contributed by atoms with Crippen LogP contribution in [-0.4, -0.2) is 44.0 Å². The Morgan fingerprint density at radius 2 is 1.82 bits per heavy atom. The van der Waals surface area contributed by atoms with Gasteiger partial charge in [0, 0.05) is 5.92 Å². The number of aromatic nitrogens is 1. The van der Waals surface area contributed by atoms with Crippen molar-refractivity contribution in [3.63, 3.8) is 0 Å². The minimum absolute atomic E-state index is 0.0157. The molecule has 40 heavy (non-hydrogen) atoms. The van der Waals surface area contributed by atoms with Crippen molar-refractivity contribution < 1.29 is 41.0 Å². The summed E-state index contributed by atoms with van der Waals surface area (Å²) in [7, 11) is -3.15. The molecule has 3 N–H and O–H groups in total. The zero-order chi connectivity index (χ0) is 29.2. The van der Waals surface area contributed by atoms with Crippen molar-refractivity contribution >= 4 is 38.1 Å². The highest BCUT2D eigenvalue weighted by Gasteiger charge is 2.41. The Morgan fingerprint density at radius 1 is 1.12 bits per heavy atom. The summed E-state index contributed by atoms with van der Waals surface area (Å²) in [4.78, 5) is 17.3. The largest absolute Gasteiger partial charge is 0.495 e. The molecule has 0 aliphatic heterocycles. The van der Waals surface area contributed by atoms with Gasteiger partial charge in [0.2, 0.25) is 5.91 Å². The number of aliphatic hydroxyl groups is 1. The number of rotatable bonds is 9. The molecule has 3 aromatic rings. The molecule has 1 fully saturated rings. The molecule has 0 spiro atoms. The molecule has 1 aliphatic carbocycles. The third-order valence-electron chi connectivity index (χ3n) is 6.37. The first-order valence-electron chi connectivity index (χ1n) is 12.3. The average molecular weight is 600 g/mol. The minimum Gasteiger partial charge on any atom is -0.495 e. The molecule has 216 valence electrons. The third-order valence-corrected chi connectivity index (χ3v) is 8.88. The van der Waals surface area contributed by atoms with Crippen molar-refractivity contribution in [1.29, 1.82) is 0 Å². The third kappa shape index (κ3) is 6.67. The molecule has 0 saturated heterocycles. The number of halogens is 3. The normalized spacial score (nSPS) is 15.1. The van der Waals surface area contributed by atoms with Gasteiger partial charge in [0.25, 0.3) is 16.3 Å². The number of aryl methyl sites for hydroxylation is 2. The van der Waals surface area contributed by atoms with Crippen molar-refractivity contribution in [1.82, 2.24) is 4.98 Å². The fourth-order valence-electron chi connectivity index (χ4n) is 4.34. The summed E-state index contributed by atoms with van der Waals surface area (Å²) in [5, 5.41) is 12.6. The number of benzene rings is 2. The summed E-state index contributed by atoms with van der Waals surface area (Å²) in [6, 6.07) is 8.31. The Hall–Kier alpha value is -3.36. The predicted molar refractivity (Wildman–Crippen MR) is 144 cm³/mol. The van der Waals surface area contributed by atoms with Gasteiger partial charge in [-0.1, -0.05) is 30.2 Å². The molecule has 1 saturated carbocycles. The van der Waals surface area contributed by atoms with Gasteiger partial charge in [-0.15, -0.1) is 0 Å². The number of thiazole rings is 1. The summed E-state index contributed by atoms with van der Waals surface area (Å²) in [5.41, 5.74) is 1.21. The Bertz CT molecular complexity index is 1500. The van der Waals surface area contributed by atoms with E-state index < -0.39 is 28.2 Å². The highest BCUT2D eigenvalue weighted by Crippen LogP contribution is 2.39. The number of carbonyl (C=O) groups excluding carboxylic acids is 1. The van der Waals surface area contributed by atoms with Crippen LogP contribution in [0.2, 0.25) is 0 Å². The topological polar surface area (TPSA) is 127 Å². The number of anilines is 2. The van der Waals surface area contributed by atoms with Crippen molar-refractivity contribution in [2.45, 2.75) is 56.9 Å². The van der Waals surface area contributed by atoms with Gasteiger partial charge >= 0.3 is 6.18 Å². The van der Waals surface area contributed by atoms with Crippen LogP contribution in [0.3, 0.4) is 0 Å². The lowest BCUT2D eigenvalue weighted by atomic mass is 10.1. The Labute approximate surface area is 233 Å². The van der Waals surface area contributed by atoms with E-state index in [1.165, 1.54) is 48.8 Å². The first-order valence-corrected chi connectivity index (χ1v) is 14.6. The number of nitrogens with one attached hydrogen (secondary N) is 2. The molecule has 4 rings (SSSR count). The maximum absolute atomic E-state index is 13.5. The summed E-state index contributed by atoms with van der Waals surface area (Å²) < 4.78 is 77.8. The molecule has 1 aliphatic rings. The number of ether oxygens (including phenoxy) is 2. The Morgan fingerprint density at radius 3 is 2.48 bits per heavy atom. The number of alkyl halides is 3. The van der Waals surface area contributed by atoms with Crippen molar-refractivity contribution in [2.75, 3.05) is 17.1 Å². The number of amides is 1. The zero-order valence-corrected chi connectivity index (χ0v) is 23.5. The number of nitrogens with zero attached hydrogens (tertiary/aromatic N) is 1. The van der Waals surface area contributed by atoms with Crippen LogP contribution < -0.4 is 19.5 Å². The summed E-state index contributed by atoms with van der Waals surface area (Å²) in [6.07, 6.45) is -4.56. The number of aliphatic hydroxyl groups excluding tert-OH is 1. The van der Waals surface area contributed by atoms with Gasteiger partial charge in [-0.05, 0) is 68.1 Å². The van der Waals surface area contributed by atoms with Crippen molar-refractivity contribution in [3.05, 3.63) is 47.7 Å². The second-order valence-electron chi connectivity index (χ2n) is 9.39. The second kappa shape index (κ2) is 11.6. The van der Waals surface area contributed by atoms with E-state index in [0.717, 1.165) is 25.7 Å². The van der Waals surface area contributed by atoms with E-state index in [4.69, 9.17) is 4.74 Å². The molecule has 0 bridgehead atoms. The highest BCUT2D eigenvalue weighted by molar-refractivity contribution is 7.92. The lowest BCUT2D eigenvalue weighted by Gasteiger charge is -2.20. The van der Waals surface area contributed by atoms with Gasteiger partial charge in [0.1, 0.15) is 16.4 Å². The molecule has 1 aromatic heterocycles. The quantitative estimate of drug-likeness (QED) is 0.272. The van der Waals surface area contributed by atoms with E-state index in [1.807, 2.05) is 0 Å². The van der Waals surface area contributed by atoms with Gasteiger partial charge in [0.15, 0.2) is 5.13 Å². The fourth-order valence-corrected chi connectivity index (χ4v) is 6.57. The molecule has 1 atom stereocenters. The molecule has 1 heterocycles. The molecule has 2 aromatic carbocycles. The fraction of sp³-hybridized carbons (Fsp3) is 0.385. The smallest absolute Gasteiger partial charge is 0.452 e. The van der Waals surface area contributed by atoms with Crippen LogP contribution in [0.25, 0.3) is 10.4 Å². The standard InChI is InChI=1S/C26H28F3N3O6S2/c1-14-8-10-18(20(12-14)38-24(34)26(27,28)29)32-40(35,36)21-13-17(9-11-19(21)37-3)22-15(2)30-25(39-22)31-23(33)16-6-4-5-7-16/h8-13,16,24,32,34H,4-7H2,1-3H3,(H,30,31,33). The molecular weight excluding hydrogens is 571 g/mol. The number of hydrogen-bond acceptors (Lipinski definition) is 8. The number of hydrogen-bond donors (Lipinski definition) is 3. The monoisotopic (exact) mass is 599 g/mol. The van der Waals surface area contributed by atoms with Crippen LogP contribution >= 0.6 is 11.3 Å². The maximum Gasteiger partial charge on any atom is 0.452 e. The maximum atomic E-state index is 13.5. The number of carbonyl (C=O) groups is 1. The SMILES string of the molecule is COc1ccc(-c2sc(NC(=O)C3CCCC3)nc2C)cc1S(=O)(=O)Nc1ccc(C)cc1OC(O)C(F)(F)F. The lowest BCUT2D eigenvalue weighted by molar-refractivity contribution is -0.264. The van der Waals surface area contributed by atoms with E-state index in [1.54, 1.807) is 19.9 Å². The van der Waals surface area contributed by atoms with Gasteiger partial charge in [-0.3, -0.25) is 9.52 Å². The first kappa shape index (κ1) is 29.6. The molecule has 1 unspecified atom stereocenters. The number of sulfonamides is 1. The van der Waals surface area contributed by atoms with E-state index in [-0.39, 0.29) is 28.2 Å². The van der Waals surface area contributed by atoms with Crippen molar-refractivity contribution in [3.8, 4) is 21.9 Å². The summed E-state index contributed by atoms with van der Waals surface area (Å²) in [6.45, 7) is 3.30. The number of methoxy groups -OCH3 is 1. The summed E-state index contributed by atoms with van der Waals surface area (Å²) >= 11 is 1.20. The Balaban J connectivity index is 1.65. The second-order valence-corrected chi connectivity index (χ2v) is 12.0. The van der Waals surface area contributed by atoms with E-state index >= 15 is 0 Å². The van der Waals surface area contributed by atoms with Gasteiger partial charge in [-0.25, -0.2) is 13.4 Å². The van der Waals surface area contributed by atoms with E-state index in [2.05, 4.69) is 19.8 Å². The van der Waals surface area contributed by atoms with Gasteiger partial charge < -0.3 is 19.9 Å². The van der Waals surface area contributed by atoms with Crippen LogP contribution in [0.4, 0.5) is 24.0 Å². The molecule has 9 nitrogen and oxygen atoms in total.